The second-order valence-electron chi connectivity index (χ2n) is 6.86. The molecule has 1 aromatic carbocycles. The third-order valence-corrected chi connectivity index (χ3v) is 5.04. The molecule has 0 atom stereocenters. The molecule has 0 bridgehead atoms. The molecular formula is C23H20F4. The molecule has 2 aliphatic rings. The number of fused-ring (bicyclic) bond motifs is 1. The van der Waals surface area contributed by atoms with Crippen LogP contribution in [0, 0.1) is 5.82 Å². The van der Waals surface area contributed by atoms with Gasteiger partial charge in [0.15, 0.2) is 0 Å². The summed E-state index contributed by atoms with van der Waals surface area (Å²) in [6.07, 6.45) is 2.58. The van der Waals surface area contributed by atoms with E-state index in [0.29, 0.717) is 12.8 Å². The van der Waals surface area contributed by atoms with Crippen LogP contribution >= 0.6 is 0 Å². The largest absolute Gasteiger partial charge is 0.416 e. The quantitative estimate of drug-likeness (QED) is 0.477. The molecule has 2 aliphatic carbocycles. The Balaban J connectivity index is 1.89. The highest BCUT2D eigenvalue weighted by molar-refractivity contribution is 5.88. The van der Waals surface area contributed by atoms with Crippen LogP contribution in [0.25, 0.3) is 11.1 Å². The summed E-state index contributed by atoms with van der Waals surface area (Å²) in [7, 11) is 0. The summed E-state index contributed by atoms with van der Waals surface area (Å²) >= 11 is 0. The van der Waals surface area contributed by atoms with Gasteiger partial charge in [-0.25, -0.2) is 4.39 Å². The van der Waals surface area contributed by atoms with E-state index in [1.807, 2.05) is 6.92 Å². The van der Waals surface area contributed by atoms with E-state index in [-0.39, 0.29) is 12.2 Å². The van der Waals surface area contributed by atoms with Crippen molar-refractivity contribution in [2.24, 2.45) is 0 Å². The molecule has 0 radical (unpaired) electrons. The molecule has 4 heteroatoms. The van der Waals surface area contributed by atoms with Crippen molar-refractivity contribution in [1.82, 2.24) is 0 Å². The maximum absolute atomic E-state index is 13.7. The highest BCUT2D eigenvalue weighted by Gasteiger charge is 2.31. The summed E-state index contributed by atoms with van der Waals surface area (Å²) in [4.78, 5) is 0. The summed E-state index contributed by atoms with van der Waals surface area (Å²) in [6, 6.07) is 4.56. The molecule has 0 amide bonds. The van der Waals surface area contributed by atoms with Crippen LogP contribution in [0.5, 0.6) is 0 Å². The Morgan fingerprint density at radius 1 is 1.04 bits per heavy atom. The lowest BCUT2D eigenvalue weighted by Crippen LogP contribution is -2.09. The van der Waals surface area contributed by atoms with Crippen molar-refractivity contribution in [3.8, 4) is 0 Å². The van der Waals surface area contributed by atoms with Gasteiger partial charge in [0.2, 0.25) is 0 Å². The number of alkyl halides is 3. The van der Waals surface area contributed by atoms with E-state index in [1.165, 1.54) is 24.3 Å². The predicted octanol–water partition coefficient (Wildman–Crippen LogP) is 7.34. The van der Waals surface area contributed by atoms with Gasteiger partial charge in [-0.15, -0.1) is 0 Å². The van der Waals surface area contributed by atoms with Gasteiger partial charge >= 0.3 is 6.18 Å². The van der Waals surface area contributed by atoms with E-state index < -0.39 is 11.7 Å². The number of benzene rings is 1. The van der Waals surface area contributed by atoms with Crippen LogP contribution in [0.15, 0.2) is 78.0 Å². The van der Waals surface area contributed by atoms with Crippen LogP contribution in [0.4, 0.5) is 17.6 Å². The lowest BCUT2D eigenvalue weighted by molar-refractivity contribution is -0.0883. The Hall–Kier alpha value is -2.62. The molecule has 0 nitrogen and oxygen atoms in total. The molecule has 140 valence electrons. The smallest absolute Gasteiger partial charge is 0.207 e. The van der Waals surface area contributed by atoms with E-state index in [2.05, 4.69) is 13.2 Å². The van der Waals surface area contributed by atoms with Crippen molar-refractivity contribution >= 4 is 11.1 Å². The summed E-state index contributed by atoms with van der Waals surface area (Å²) in [5, 5.41) is 0. The van der Waals surface area contributed by atoms with Gasteiger partial charge in [0, 0.05) is 0 Å². The van der Waals surface area contributed by atoms with Gasteiger partial charge < -0.3 is 0 Å². The minimum Gasteiger partial charge on any atom is -0.207 e. The van der Waals surface area contributed by atoms with Crippen LogP contribution in [0.2, 0.25) is 0 Å². The van der Waals surface area contributed by atoms with Crippen LogP contribution in [0.3, 0.4) is 0 Å². The van der Waals surface area contributed by atoms with Gasteiger partial charge in [-0.1, -0.05) is 49.1 Å². The van der Waals surface area contributed by atoms with Crippen LogP contribution in [-0.2, 0) is 0 Å². The Morgan fingerprint density at radius 3 is 2.48 bits per heavy atom. The number of halogens is 4. The van der Waals surface area contributed by atoms with Crippen molar-refractivity contribution in [3.05, 3.63) is 94.9 Å². The first-order chi connectivity index (χ1) is 12.7. The Morgan fingerprint density at radius 2 is 1.78 bits per heavy atom. The fourth-order valence-corrected chi connectivity index (χ4v) is 3.43. The molecule has 0 aromatic heterocycles. The first-order valence-electron chi connectivity index (χ1n) is 8.67. The Bertz CT molecular complexity index is 934. The molecular weight excluding hydrogens is 352 g/mol. The number of allylic oxidation sites excluding steroid dienone is 10. The molecule has 0 spiro atoms. The maximum Gasteiger partial charge on any atom is 0.416 e. The van der Waals surface area contributed by atoms with Crippen molar-refractivity contribution in [2.75, 3.05) is 0 Å². The topological polar surface area (TPSA) is 0 Å². The van der Waals surface area contributed by atoms with Crippen LogP contribution in [-0.4, -0.2) is 6.18 Å². The zero-order valence-corrected chi connectivity index (χ0v) is 15.1. The first kappa shape index (κ1) is 19.2. The molecule has 0 aliphatic heterocycles. The van der Waals surface area contributed by atoms with E-state index >= 15 is 0 Å². The van der Waals surface area contributed by atoms with E-state index in [9.17, 15) is 17.6 Å². The molecule has 0 saturated carbocycles. The van der Waals surface area contributed by atoms with Crippen molar-refractivity contribution in [1.29, 1.82) is 0 Å². The van der Waals surface area contributed by atoms with Crippen molar-refractivity contribution < 1.29 is 17.6 Å². The Labute approximate surface area is 156 Å². The van der Waals surface area contributed by atoms with Crippen molar-refractivity contribution in [3.63, 3.8) is 0 Å². The predicted molar refractivity (Wildman–Crippen MR) is 102 cm³/mol. The van der Waals surface area contributed by atoms with E-state index in [1.54, 1.807) is 12.1 Å². The zero-order chi connectivity index (χ0) is 19.8. The van der Waals surface area contributed by atoms with E-state index in [0.717, 1.165) is 45.1 Å². The van der Waals surface area contributed by atoms with Crippen molar-refractivity contribution in [2.45, 2.75) is 32.4 Å². The summed E-state index contributed by atoms with van der Waals surface area (Å²) in [5.41, 5.74) is 5.36. The highest BCUT2D eigenvalue weighted by atomic mass is 19.4. The van der Waals surface area contributed by atoms with Gasteiger partial charge in [-0.3, -0.25) is 0 Å². The summed E-state index contributed by atoms with van der Waals surface area (Å²) in [5.74, 6) is -0.330. The van der Waals surface area contributed by atoms with E-state index in [4.69, 9.17) is 0 Å². The van der Waals surface area contributed by atoms with Gasteiger partial charge in [-0.2, -0.15) is 13.2 Å². The zero-order valence-electron chi connectivity index (χ0n) is 15.1. The maximum atomic E-state index is 13.7. The van der Waals surface area contributed by atoms with Crippen LogP contribution < -0.4 is 0 Å². The standard InChI is InChI=1S/C23H20F4/c1-14-11-18(12-17-5-4-6-19(8-7-17)23(25,26)27)15(2)16(3)21-10-9-20(24)13-22(14)21/h5-10,13H,1,3-4,11-12H2,2H3. The summed E-state index contributed by atoms with van der Waals surface area (Å²) < 4.78 is 52.4. The van der Waals surface area contributed by atoms with Gasteiger partial charge in [0.25, 0.3) is 0 Å². The minimum absolute atomic E-state index is 0.233. The molecule has 1 aromatic rings. The third kappa shape index (κ3) is 4.05. The average Bonchev–Trinajstić information content (AvgIpc) is 2.88. The fraction of sp³-hybridized carbons (Fsp3) is 0.217. The van der Waals surface area contributed by atoms with Gasteiger partial charge in [0.05, 0.1) is 5.57 Å². The third-order valence-electron chi connectivity index (χ3n) is 5.04. The summed E-state index contributed by atoms with van der Waals surface area (Å²) in [6.45, 7) is 10.2. The second kappa shape index (κ2) is 7.18. The highest BCUT2D eigenvalue weighted by Crippen LogP contribution is 2.40. The molecule has 27 heavy (non-hydrogen) atoms. The molecule has 0 unspecified atom stereocenters. The minimum atomic E-state index is -4.34. The number of rotatable bonds is 2. The molecule has 3 rings (SSSR count). The monoisotopic (exact) mass is 372 g/mol. The lowest BCUT2D eigenvalue weighted by atomic mass is 9.93. The molecule has 0 N–H and O–H groups in total. The number of hydrogen-bond donors (Lipinski definition) is 0. The molecule has 0 saturated heterocycles. The number of hydrogen-bond acceptors (Lipinski definition) is 0. The Kier molecular flexibility index (Phi) is 5.09. The molecule has 0 heterocycles. The van der Waals surface area contributed by atoms with Gasteiger partial charge in [0.1, 0.15) is 5.82 Å². The fourth-order valence-electron chi connectivity index (χ4n) is 3.43. The normalized spacial score (nSPS) is 18.0. The SMILES string of the molecule is C=C1CC(CC2=CCC=C(C(F)(F)F)C=C2)=C(C)C(=C)c2ccc(F)cc21. The first-order valence-corrected chi connectivity index (χ1v) is 8.67. The molecule has 0 fully saturated rings. The lowest BCUT2D eigenvalue weighted by Gasteiger charge is -2.12. The average molecular weight is 372 g/mol. The van der Waals surface area contributed by atoms with Gasteiger partial charge in [-0.05, 0) is 71.7 Å². The van der Waals surface area contributed by atoms with Crippen LogP contribution in [0.1, 0.15) is 37.3 Å². The second-order valence-corrected chi connectivity index (χ2v) is 6.86.